The Balaban J connectivity index is 2.60. The Kier molecular flexibility index (Phi) is 7.84. The lowest BCUT2D eigenvalue weighted by Crippen LogP contribution is -2.74. The normalized spacial score (nSPS) is 45.2. The SMILES string of the molecule is CCC(C)CC12C(C)C(C)C(CCN)C(CCCN)C1(CCN)C(C)C2C. The average molecular weight is 380 g/mol. The van der Waals surface area contributed by atoms with Crippen molar-refractivity contribution in [2.45, 2.75) is 80.1 Å². The number of rotatable bonds is 10. The van der Waals surface area contributed by atoms with Gasteiger partial charge in [-0.1, -0.05) is 48.0 Å². The summed E-state index contributed by atoms with van der Waals surface area (Å²) in [5, 5.41) is 0. The molecule has 0 aromatic rings. The third-order valence-electron chi connectivity index (χ3n) is 9.86. The molecule has 3 heteroatoms. The molecule has 0 heterocycles. The molecule has 0 radical (unpaired) electrons. The number of hydrogen-bond acceptors (Lipinski definition) is 3. The van der Waals surface area contributed by atoms with Crippen LogP contribution in [0.4, 0.5) is 0 Å². The van der Waals surface area contributed by atoms with Crippen molar-refractivity contribution in [3.8, 4) is 0 Å². The summed E-state index contributed by atoms with van der Waals surface area (Å²) in [7, 11) is 0. The van der Waals surface area contributed by atoms with E-state index in [1.54, 1.807) is 0 Å². The van der Waals surface area contributed by atoms with Crippen LogP contribution in [-0.2, 0) is 0 Å². The molecule has 3 nitrogen and oxygen atoms in total. The van der Waals surface area contributed by atoms with E-state index in [-0.39, 0.29) is 0 Å². The molecule has 9 unspecified atom stereocenters. The average Bonchev–Trinajstić information content (AvgIpc) is 2.67. The molecule has 6 N–H and O–H groups in total. The minimum Gasteiger partial charge on any atom is -0.330 e. The molecule has 2 saturated carbocycles. The summed E-state index contributed by atoms with van der Waals surface area (Å²) < 4.78 is 0. The summed E-state index contributed by atoms with van der Waals surface area (Å²) in [5.41, 5.74) is 19.2. The third-order valence-corrected chi connectivity index (χ3v) is 9.86. The van der Waals surface area contributed by atoms with Gasteiger partial charge >= 0.3 is 0 Å². The predicted octanol–water partition coefficient (Wildman–Crippen LogP) is 4.64. The van der Waals surface area contributed by atoms with E-state index in [1.165, 1.54) is 25.7 Å². The van der Waals surface area contributed by atoms with Gasteiger partial charge in [0.1, 0.15) is 0 Å². The Labute approximate surface area is 169 Å². The van der Waals surface area contributed by atoms with E-state index >= 15 is 0 Å². The van der Waals surface area contributed by atoms with Crippen molar-refractivity contribution in [1.29, 1.82) is 0 Å². The molecule has 2 aliphatic rings. The zero-order chi connectivity index (χ0) is 20.4. The predicted molar refractivity (Wildman–Crippen MR) is 118 cm³/mol. The Morgan fingerprint density at radius 3 is 1.96 bits per heavy atom. The molecule has 9 atom stereocenters. The number of fused-ring (bicyclic) bond motifs is 1. The smallest absolute Gasteiger partial charge is 0.00716 e. The molecule has 27 heavy (non-hydrogen) atoms. The summed E-state index contributed by atoms with van der Waals surface area (Å²) in [6.45, 7) is 17.4. The first kappa shape index (κ1) is 23.2. The quantitative estimate of drug-likeness (QED) is 0.517. The Morgan fingerprint density at radius 2 is 1.44 bits per heavy atom. The second-order valence-corrected chi connectivity index (χ2v) is 10.3. The van der Waals surface area contributed by atoms with Crippen LogP contribution in [-0.4, -0.2) is 19.6 Å². The van der Waals surface area contributed by atoms with Gasteiger partial charge in [0.05, 0.1) is 0 Å². The minimum atomic E-state index is 0.380. The zero-order valence-corrected chi connectivity index (χ0v) is 19.1. The Morgan fingerprint density at radius 1 is 0.815 bits per heavy atom. The van der Waals surface area contributed by atoms with E-state index in [0.717, 1.165) is 73.9 Å². The van der Waals surface area contributed by atoms with Gasteiger partial charge < -0.3 is 17.2 Å². The highest BCUT2D eigenvalue weighted by Gasteiger charge is 2.74. The lowest BCUT2D eigenvalue weighted by Gasteiger charge is -2.79. The summed E-state index contributed by atoms with van der Waals surface area (Å²) in [4.78, 5) is 0. The van der Waals surface area contributed by atoms with Gasteiger partial charge in [-0.25, -0.2) is 0 Å². The van der Waals surface area contributed by atoms with Crippen LogP contribution >= 0.6 is 0 Å². The molecule has 0 aromatic heterocycles. The van der Waals surface area contributed by atoms with Crippen molar-refractivity contribution in [1.82, 2.24) is 0 Å². The van der Waals surface area contributed by atoms with Crippen molar-refractivity contribution in [2.75, 3.05) is 19.6 Å². The third kappa shape index (κ3) is 3.30. The van der Waals surface area contributed by atoms with Crippen molar-refractivity contribution in [3.05, 3.63) is 0 Å². The van der Waals surface area contributed by atoms with Crippen molar-refractivity contribution in [2.24, 2.45) is 69.5 Å². The lowest BCUT2D eigenvalue weighted by atomic mass is 9.25. The van der Waals surface area contributed by atoms with Crippen LogP contribution in [0.3, 0.4) is 0 Å². The number of nitrogens with two attached hydrogens (primary N) is 3. The molecule has 0 bridgehead atoms. The van der Waals surface area contributed by atoms with Gasteiger partial charge in [0, 0.05) is 0 Å². The van der Waals surface area contributed by atoms with Gasteiger partial charge in [-0.05, 0) is 104 Å². The molecule has 2 aliphatic carbocycles. The number of hydrogen-bond donors (Lipinski definition) is 3. The molecule has 160 valence electrons. The maximum Gasteiger partial charge on any atom is -0.00716 e. The molecule has 0 spiro atoms. The maximum atomic E-state index is 6.31. The highest BCUT2D eigenvalue weighted by atomic mass is 14.8. The van der Waals surface area contributed by atoms with Crippen LogP contribution in [0.5, 0.6) is 0 Å². The Hall–Kier alpha value is -0.120. The fraction of sp³-hybridized carbons (Fsp3) is 1.00. The van der Waals surface area contributed by atoms with E-state index in [2.05, 4.69) is 41.5 Å². The molecule has 2 rings (SSSR count). The molecular weight excluding hydrogens is 330 g/mol. The molecule has 2 fully saturated rings. The second-order valence-electron chi connectivity index (χ2n) is 10.3. The largest absolute Gasteiger partial charge is 0.330 e. The first-order valence-corrected chi connectivity index (χ1v) is 11.9. The lowest BCUT2D eigenvalue weighted by molar-refractivity contribution is -0.315. The van der Waals surface area contributed by atoms with E-state index in [9.17, 15) is 0 Å². The van der Waals surface area contributed by atoms with E-state index < -0.39 is 0 Å². The summed E-state index contributed by atoms with van der Waals surface area (Å²) in [6.07, 6.45) is 7.39. The van der Waals surface area contributed by atoms with Gasteiger partial charge in [0.2, 0.25) is 0 Å². The summed E-state index contributed by atoms with van der Waals surface area (Å²) in [6, 6.07) is 0. The van der Waals surface area contributed by atoms with Crippen LogP contribution in [0.1, 0.15) is 80.1 Å². The van der Waals surface area contributed by atoms with Crippen LogP contribution in [0.2, 0.25) is 0 Å². The van der Waals surface area contributed by atoms with Gasteiger partial charge in [0.25, 0.3) is 0 Å². The molecular formula is C24H49N3. The van der Waals surface area contributed by atoms with Crippen LogP contribution in [0, 0.1) is 52.3 Å². The van der Waals surface area contributed by atoms with Crippen LogP contribution < -0.4 is 17.2 Å². The monoisotopic (exact) mass is 379 g/mol. The van der Waals surface area contributed by atoms with E-state index in [1.807, 2.05) is 0 Å². The maximum absolute atomic E-state index is 6.31. The van der Waals surface area contributed by atoms with E-state index in [4.69, 9.17) is 17.2 Å². The molecule has 0 aromatic carbocycles. The first-order chi connectivity index (χ1) is 12.8. The van der Waals surface area contributed by atoms with Crippen molar-refractivity contribution >= 4 is 0 Å². The fourth-order valence-electron chi connectivity index (χ4n) is 8.39. The van der Waals surface area contributed by atoms with Crippen molar-refractivity contribution in [3.63, 3.8) is 0 Å². The standard InChI is InChI=1S/C24H49N3/c1-7-16(2)15-24-18(4)17(3)21(10-13-26)22(9-8-12-25)23(24,11-14-27)19(5)20(24)6/h16-22H,7-15,25-27H2,1-6H3. The van der Waals surface area contributed by atoms with Gasteiger partial charge in [-0.2, -0.15) is 0 Å². The zero-order valence-electron chi connectivity index (χ0n) is 19.1. The first-order valence-electron chi connectivity index (χ1n) is 11.9. The molecule has 0 amide bonds. The topological polar surface area (TPSA) is 78.1 Å². The van der Waals surface area contributed by atoms with Crippen LogP contribution in [0.15, 0.2) is 0 Å². The van der Waals surface area contributed by atoms with Gasteiger partial charge in [-0.3, -0.25) is 0 Å². The Bertz CT molecular complexity index is 467. The second kappa shape index (κ2) is 9.13. The van der Waals surface area contributed by atoms with E-state index in [0.29, 0.717) is 10.8 Å². The highest BCUT2D eigenvalue weighted by Crippen LogP contribution is 2.79. The molecule has 0 aliphatic heterocycles. The molecule has 0 saturated heterocycles. The summed E-state index contributed by atoms with van der Waals surface area (Å²) in [5.74, 6) is 5.26. The summed E-state index contributed by atoms with van der Waals surface area (Å²) >= 11 is 0. The highest BCUT2D eigenvalue weighted by molar-refractivity contribution is 5.22. The minimum absolute atomic E-state index is 0.380. The fourth-order valence-corrected chi connectivity index (χ4v) is 8.39. The van der Waals surface area contributed by atoms with Crippen molar-refractivity contribution < 1.29 is 0 Å². The van der Waals surface area contributed by atoms with Gasteiger partial charge in [0.15, 0.2) is 0 Å². The van der Waals surface area contributed by atoms with Crippen LogP contribution in [0.25, 0.3) is 0 Å². The van der Waals surface area contributed by atoms with Gasteiger partial charge in [-0.15, -0.1) is 0 Å².